The number of hydrogen-bond acceptors (Lipinski definition) is 6. The van der Waals surface area contributed by atoms with E-state index in [0.29, 0.717) is 32.1 Å². The van der Waals surface area contributed by atoms with Crippen LogP contribution >= 0.6 is 0 Å². The topological polar surface area (TPSA) is 118 Å². The maximum atomic E-state index is 12.0. The van der Waals surface area contributed by atoms with Crippen molar-refractivity contribution in [2.75, 3.05) is 50.7 Å². The Bertz CT molecular complexity index is 798. The number of anilines is 1. The molecule has 0 saturated carbocycles. The van der Waals surface area contributed by atoms with Crippen LogP contribution in [0.3, 0.4) is 0 Å². The summed E-state index contributed by atoms with van der Waals surface area (Å²) < 4.78 is 33.6. The molecule has 162 valence electrons. The summed E-state index contributed by atoms with van der Waals surface area (Å²) in [6.07, 6.45) is 1.51. The first kappa shape index (κ1) is 23.0. The molecule has 9 nitrogen and oxygen atoms in total. The molecule has 0 aliphatic carbocycles. The second-order valence-corrected chi connectivity index (χ2v) is 8.99. The zero-order valence-electron chi connectivity index (χ0n) is 16.9. The second-order valence-electron chi connectivity index (χ2n) is 6.76. The molecule has 1 amide bonds. The molecular formula is C19H30N4O5S. The SMILES string of the molecule is CN=C(NCCC(=O)NC1CCS(=O)(=O)C1)Nc1cccc(OCCCOC)c1. The quantitative estimate of drug-likeness (QED) is 0.287. The lowest BCUT2D eigenvalue weighted by Crippen LogP contribution is -2.38. The third-order valence-electron chi connectivity index (χ3n) is 4.32. The van der Waals surface area contributed by atoms with Crippen molar-refractivity contribution in [2.24, 2.45) is 4.99 Å². The minimum absolute atomic E-state index is 0.0271. The number of rotatable bonds is 10. The highest BCUT2D eigenvalue weighted by atomic mass is 32.2. The molecule has 1 fully saturated rings. The Hall–Kier alpha value is -2.33. The number of ether oxygens (including phenoxy) is 2. The highest BCUT2D eigenvalue weighted by molar-refractivity contribution is 7.91. The Morgan fingerprint density at radius 2 is 2.14 bits per heavy atom. The van der Waals surface area contributed by atoms with Gasteiger partial charge in [0.2, 0.25) is 5.91 Å². The molecule has 1 aromatic rings. The maximum absolute atomic E-state index is 12.0. The van der Waals surface area contributed by atoms with Gasteiger partial charge in [-0.05, 0) is 18.6 Å². The van der Waals surface area contributed by atoms with Gasteiger partial charge in [0.15, 0.2) is 15.8 Å². The van der Waals surface area contributed by atoms with Crippen molar-refractivity contribution >= 4 is 27.4 Å². The molecule has 0 radical (unpaired) electrons. The van der Waals surface area contributed by atoms with Crippen molar-refractivity contribution in [2.45, 2.75) is 25.3 Å². The molecule has 1 aromatic carbocycles. The average molecular weight is 427 g/mol. The number of nitrogens with one attached hydrogen (secondary N) is 3. The zero-order valence-corrected chi connectivity index (χ0v) is 17.8. The smallest absolute Gasteiger partial charge is 0.222 e. The Balaban J connectivity index is 1.72. The molecule has 1 unspecified atom stereocenters. The molecule has 1 aliphatic heterocycles. The van der Waals surface area contributed by atoms with Crippen LogP contribution in [0.15, 0.2) is 29.3 Å². The van der Waals surface area contributed by atoms with Gasteiger partial charge < -0.3 is 25.4 Å². The van der Waals surface area contributed by atoms with Crippen molar-refractivity contribution in [3.8, 4) is 5.75 Å². The van der Waals surface area contributed by atoms with Crippen molar-refractivity contribution in [3.05, 3.63) is 24.3 Å². The van der Waals surface area contributed by atoms with Gasteiger partial charge in [-0.15, -0.1) is 0 Å². The van der Waals surface area contributed by atoms with Crippen molar-refractivity contribution in [3.63, 3.8) is 0 Å². The van der Waals surface area contributed by atoms with E-state index >= 15 is 0 Å². The van der Waals surface area contributed by atoms with Gasteiger partial charge in [0.05, 0.1) is 18.1 Å². The molecule has 3 N–H and O–H groups in total. The highest BCUT2D eigenvalue weighted by Gasteiger charge is 2.28. The van der Waals surface area contributed by atoms with E-state index in [1.165, 1.54) is 0 Å². The third kappa shape index (κ3) is 8.70. The number of carbonyl (C=O) groups excluding carboxylic acids is 1. The third-order valence-corrected chi connectivity index (χ3v) is 6.09. The van der Waals surface area contributed by atoms with Crippen LogP contribution in [0.1, 0.15) is 19.3 Å². The first-order valence-electron chi connectivity index (χ1n) is 9.61. The number of sulfone groups is 1. The van der Waals surface area contributed by atoms with E-state index in [2.05, 4.69) is 20.9 Å². The summed E-state index contributed by atoms with van der Waals surface area (Å²) in [6.45, 7) is 1.60. The van der Waals surface area contributed by atoms with Crippen LogP contribution in [-0.4, -0.2) is 71.7 Å². The minimum atomic E-state index is -3.00. The number of guanidine groups is 1. The van der Waals surface area contributed by atoms with Gasteiger partial charge in [-0.3, -0.25) is 9.79 Å². The van der Waals surface area contributed by atoms with Crippen LogP contribution in [0.2, 0.25) is 0 Å². The lowest BCUT2D eigenvalue weighted by Gasteiger charge is -2.14. The lowest BCUT2D eigenvalue weighted by molar-refractivity contribution is -0.121. The number of amides is 1. The summed E-state index contributed by atoms with van der Waals surface area (Å²) in [7, 11) is 0.299. The monoisotopic (exact) mass is 426 g/mol. The van der Waals surface area contributed by atoms with Crippen molar-refractivity contribution in [1.82, 2.24) is 10.6 Å². The van der Waals surface area contributed by atoms with E-state index in [9.17, 15) is 13.2 Å². The lowest BCUT2D eigenvalue weighted by atomic mass is 10.2. The normalized spacial score (nSPS) is 18.3. The van der Waals surface area contributed by atoms with Crippen LogP contribution in [0.25, 0.3) is 0 Å². The maximum Gasteiger partial charge on any atom is 0.222 e. The van der Waals surface area contributed by atoms with E-state index < -0.39 is 9.84 Å². The number of aliphatic imine (C=N–C) groups is 1. The minimum Gasteiger partial charge on any atom is -0.493 e. The molecule has 1 saturated heterocycles. The van der Waals surface area contributed by atoms with Crippen LogP contribution in [-0.2, 0) is 19.4 Å². The summed E-state index contributed by atoms with van der Waals surface area (Å²) in [6, 6.07) is 7.23. The Morgan fingerprint density at radius 3 is 2.83 bits per heavy atom. The molecule has 29 heavy (non-hydrogen) atoms. The molecule has 2 rings (SSSR count). The van der Waals surface area contributed by atoms with Crippen LogP contribution < -0.4 is 20.7 Å². The number of carbonyl (C=O) groups is 1. The van der Waals surface area contributed by atoms with Gasteiger partial charge in [0.25, 0.3) is 0 Å². The van der Waals surface area contributed by atoms with E-state index in [0.717, 1.165) is 17.9 Å². The summed E-state index contributed by atoms with van der Waals surface area (Å²) in [4.78, 5) is 16.1. The van der Waals surface area contributed by atoms with E-state index in [1.54, 1.807) is 14.2 Å². The van der Waals surface area contributed by atoms with Crippen molar-refractivity contribution < 1.29 is 22.7 Å². The predicted molar refractivity (Wildman–Crippen MR) is 113 cm³/mol. The highest BCUT2D eigenvalue weighted by Crippen LogP contribution is 2.17. The molecular weight excluding hydrogens is 396 g/mol. The Kier molecular flexibility index (Phi) is 9.20. The second kappa shape index (κ2) is 11.6. The van der Waals surface area contributed by atoms with Gasteiger partial charge in [-0.1, -0.05) is 6.07 Å². The summed E-state index contributed by atoms with van der Waals surface area (Å²) in [5, 5.41) is 8.99. The molecule has 10 heteroatoms. The van der Waals surface area contributed by atoms with Crippen LogP contribution in [0.4, 0.5) is 5.69 Å². The van der Waals surface area contributed by atoms with Crippen LogP contribution in [0.5, 0.6) is 5.75 Å². The summed E-state index contributed by atoms with van der Waals surface area (Å²) in [5.41, 5.74) is 0.808. The Morgan fingerprint density at radius 1 is 1.31 bits per heavy atom. The molecule has 1 atom stereocenters. The molecule has 0 bridgehead atoms. The Labute approximate surface area is 172 Å². The summed E-state index contributed by atoms with van der Waals surface area (Å²) >= 11 is 0. The number of hydrogen-bond donors (Lipinski definition) is 3. The molecule has 1 aliphatic rings. The van der Waals surface area contributed by atoms with Gasteiger partial charge in [-0.2, -0.15) is 0 Å². The van der Waals surface area contributed by atoms with Crippen molar-refractivity contribution in [1.29, 1.82) is 0 Å². The number of benzene rings is 1. The average Bonchev–Trinajstić information content (AvgIpc) is 3.03. The number of nitrogens with zero attached hydrogens (tertiary/aromatic N) is 1. The van der Waals surface area contributed by atoms with E-state index in [1.807, 2.05) is 24.3 Å². The fourth-order valence-corrected chi connectivity index (χ4v) is 4.55. The molecule has 0 spiro atoms. The first-order chi connectivity index (χ1) is 13.9. The standard InChI is InChI=1S/C19H30N4O5S/c1-20-19(21-9-7-18(24)22-16-8-12-29(25,26)14-16)23-15-5-3-6-17(13-15)28-11-4-10-27-2/h3,5-6,13,16H,4,7-12,14H2,1-2H3,(H,22,24)(H2,20,21,23). The fourth-order valence-electron chi connectivity index (χ4n) is 2.88. The van der Waals surface area contributed by atoms with Gasteiger partial charge in [-0.25, -0.2) is 8.42 Å². The van der Waals surface area contributed by atoms with Gasteiger partial charge >= 0.3 is 0 Å². The van der Waals surface area contributed by atoms with E-state index in [4.69, 9.17) is 9.47 Å². The van der Waals surface area contributed by atoms with Gasteiger partial charge in [0.1, 0.15) is 5.75 Å². The molecule has 1 heterocycles. The predicted octanol–water partition coefficient (Wildman–Crippen LogP) is 0.783. The fraction of sp³-hybridized carbons (Fsp3) is 0.579. The largest absolute Gasteiger partial charge is 0.493 e. The van der Waals surface area contributed by atoms with Crippen LogP contribution in [0, 0.1) is 0 Å². The zero-order chi connectivity index (χ0) is 21.1. The first-order valence-corrected chi connectivity index (χ1v) is 11.4. The molecule has 0 aromatic heterocycles. The van der Waals surface area contributed by atoms with E-state index in [-0.39, 0.29) is 29.9 Å². The van der Waals surface area contributed by atoms with Gasteiger partial charge in [0, 0.05) is 57.9 Å². The number of methoxy groups -OCH3 is 1. The summed E-state index contributed by atoms with van der Waals surface area (Å²) in [5.74, 6) is 1.26.